The van der Waals surface area contributed by atoms with Gasteiger partial charge in [-0.1, -0.05) is 45.9 Å². The molecular formula is C27H36N4. The lowest BCUT2D eigenvalue weighted by molar-refractivity contribution is 0.456. The van der Waals surface area contributed by atoms with Gasteiger partial charge in [0, 0.05) is 17.9 Å². The zero-order valence-electron chi connectivity index (χ0n) is 19.8. The molecule has 0 amide bonds. The van der Waals surface area contributed by atoms with E-state index in [1.807, 2.05) is 0 Å². The Hall–Kier alpha value is -2.62. The highest BCUT2D eigenvalue weighted by Crippen LogP contribution is 2.30. The fraction of sp³-hybridized carbons (Fsp3) is 0.481. The molecule has 0 bridgehead atoms. The first-order chi connectivity index (χ1) is 14.8. The molecule has 2 atom stereocenters. The van der Waals surface area contributed by atoms with Gasteiger partial charge in [-0.15, -0.1) is 0 Å². The number of hydrogen-bond donors (Lipinski definition) is 1. The van der Waals surface area contributed by atoms with Crippen molar-refractivity contribution in [1.29, 1.82) is 0 Å². The Morgan fingerprint density at radius 1 is 0.871 bits per heavy atom. The topological polar surface area (TPSA) is 46.5 Å². The van der Waals surface area contributed by atoms with Gasteiger partial charge in [0.25, 0.3) is 0 Å². The van der Waals surface area contributed by atoms with Crippen molar-refractivity contribution in [2.24, 2.45) is 5.92 Å². The Balaban J connectivity index is 1.43. The SMILES string of the molecule is CC(CCC(C)c1nc2ccccc2n1C(C)C)Cc1ccc2nc(C(C)C)[nH]c2c1. The number of H-pyrrole nitrogens is 1. The van der Waals surface area contributed by atoms with Crippen LogP contribution in [-0.4, -0.2) is 19.5 Å². The molecule has 0 fully saturated rings. The summed E-state index contributed by atoms with van der Waals surface area (Å²) < 4.78 is 2.42. The van der Waals surface area contributed by atoms with E-state index in [0.29, 0.717) is 23.8 Å². The molecule has 0 radical (unpaired) electrons. The molecule has 4 nitrogen and oxygen atoms in total. The molecule has 4 heteroatoms. The van der Waals surface area contributed by atoms with E-state index in [1.54, 1.807) is 0 Å². The maximum Gasteiger partial charge on any atom is 0.112 e. The minimum Gasteiger partial charge on any atom is -0.342 e. The number of nitrogens with one attached hydrogen (secondary N) is 1. The van der Waals surface area contributed by atoms with Crippen molar-refractivity contribution < 1.29 is 0 Å². The maximum absolute atomic E-state index is 5.00. The number of benzene rings is 2. The van der Waals surface area contributed by atoms with Gasteiger partial charge in [-0.3, -0.25) is 0 Å². The molecule has 4 aromatic rings. The predicted octanol–water partition coefficient (Wildman–Crippen LogP) is 7.38. The van der Waals surface area contributed by atoms with Gasteiger partial charge in [-0.25, -0.2) is 9.97 Å². The van der Waals surface area contributed by atoms with E-state index < -0.39 is 0 Å². The quantitative estimate of drug-likeness (QED) is 0.326. The molecule has 2 aromatic heterocycles. The second kappa shape index (κ2) is 8.86. The first kappa shape index (κ1) is 21.6. The van der Waals surface area contributed by atoms with Crippen molar-refractivity contribution in [2.75, 3.05) is 0 Å². The van der Waals surface area contributed by atoms with Gasteiger partial charge in [0.1, 0.15) is 11.6 Å². The lowest BCUT2D eigenvalue weighted by Gasteiger charge is -2.19. The summed E-state index contributed by atoms with van der Waals surface area (Å²) in [6.45, 7) is 13.6. The highest BCUT2D eigenvalue weighted by Gasteiger charge is 2.19. The van der Waals surface area contributed by atoms with Crippen molar-refractivity contribution in [2.45, 2.75) is 78.7 Å². The number of aromatic amines is 1. The summed E-state index contributed by atoms with van der Waals surface area (Å²) in [6.07, 6.45) is 3.45. The Morgan fingerprint density at radius 3 is 2.39 bits per heavy atom. The first-order valence-corrected chi connectivity index (χ1v) is 11.8. The van der Waals surface area contributed by atoms with Crippen molar-refractivity contribution in [3.8, 4) is 0 Å². The average molecular weight is 417 g/mol. The summed E-state index contributed by atoms with van der Waals surface area (Å²) in [5, 5.41) is 0. The number of imidazole rings is 2. The van der Waals surface area contributed by atoms with Crippen LogP contribution in [0.5, 0.6) is 0 Å². The molecule has 1 N–H and O–H groups in total. The summed E-state index contributed by atoms with van der Waals surface area (Å²) in [7, 11) is 0. The van der Waals surface area contributed by atoms with E-state index in [1.165, 1.54) is 23.3 Å². The molecule has 0 aliphatic heterocycles. The average Bonchev–Trinajstić information content (AvgIpc) is 3.33. The second-order valence-electron chi connectivity index (χ2n) is 9.84. The van der Waals surface area contributed by atoms with Crippen LogP contribution < -0.4 is 0 Å². The molecule has 31 heavy (non-hydrogen) atoms. The highest BCUT2D eigenvalue weighted by molar-refractivity contribution is 5.76. The summed E-state index contributed by atoms with van der Waals surface area (Å²) in [5.41, 5.74) is 5.98. The fourth-order valence-corrected chi connectivity index (χ4v) is 4.60. The van der Waals surface area contributed by atoms with E-state index >= 15 is 0 Å². The van der Waals surface area contributed by atoms with Crippen molar-refractivity contribution in [3.63, 3.8) is 0 Å². The first-order valence-electron chi connectivity index (χ1n) is 11.8. The fourth-order valence-electron chi connectivity index (χ4n) is 4.60. The van der Waals surface area contributed by atoms with E-state index in [-0.39, 0.29) is 0 Å². The van der Waals surface area contributed by atoms with E-state index in [2.05, 4.69) is 93.6 Å². The summed E-state index contributed by atoms with van der Waals surface area (Å²) in [5.74, 6) is 3.79. The smallest absolute Gasteiger partial charge is 0.112 e. The number of aromatic nitrogens is 4. The third-order valence-electron chi connectivity index (χ3n) is 6.37. The molecule has 2 unspecified atom stereocenters. The molecule has 2 aromatic carbocycles. The largest absolute Gasteiger partial charge is 0.342 e. The third-order valence-corrected chi connectivity index (χ3v) is 6.37. The van der Waals surface area contributed by atoms with Crippen LogP contribution in [0.25, 0.3) is 22.1 Å². The van der Waals surface area contributed by atoms with Crippen LogP contribution in [0, 0.1) is 5.92 Å². The molecule has 2 heterocycles. The van der Waals surface area contributed by atoms with Gasteiger partial charge in [-0.05, 0) is 68.9 Å². The monoisotopic (exact) mass is 416 g/mol. The zero-order valence-corrected chi connectivity index (χ0v) is 19.8. The highest BCUT2D eigenvalue weighted by atomic mass is 15.1. The van der Waals surface area contributed by atoms with Gasteiger partial charge in [0.05, 0.1) is 22.1 Å². The van der Waals surface area contributed by atoms with Crippen LogP contribution in [0.15, 0.2) is 42.5 Å². The van der Waals surface area contributed by atoms with Gasteiger partial charge >= 0.3 is 0 Å². The zero-order chi connectivity index (χ0) is 22.1. The lowest BCUT2D eigenvalue weighted by atomic mass is 9.92. The van der Waals surface area contributed by atoms with Crippen LogP contribution in [-0.2, 0) is 6.42 Å². The second-order valence-corrected chi connectivity index (χ2v) is 9.84. The van der Waals surface area contributed by atoms with Gasteiger partial charge in [-0.2, -0.15) is 0 Å². The van der Waals surface area contributed by atoms with Crippen molar-refractivity contribution >= 4 is 22.1 Å². The van der Waals surface area contributed by atoms with Gasteiger partial charge < -0.3 is 9.55 Å². The Bertz CT molecular complexity index is 1160. The Morgan fingerprint density at radius 2 is 1.65 bits per heavy atom. The van der Waals surface area contributed by atoms with Crippen molar-refractivity contribution in [3.05, 3.63) is 59.7 Å². The standard InChI is InChI=1S/C27H36N4/c1-17(2)26-28-22-14-13-21(16-24(22)29-26)15-19(5)11-12-20(6)27-30-23-9-7-8-10-25(23)31(27)18(3)4/h7-10,13-14,16-20H,11-12,15H2,1-6H3,(H,28,29). The van der Waals surface area contributed by atoms with E-state index in [0.717, 1.165) is 35.2 Å². The summed E-state index contributed by atoms with van der Waals surface area (Å²) >= 11 is 0. The molecule has 0 aliphatic carbocycles. The van der Waals surface area contributed by atoms with Crippen LogP contribution in [0.2, 0.25) is 0 Å². The Kier molecular flexibility index (Phi) is 6.17. The molecule has 4 rings (SSSR count). The maximum atomic E-state index is 5.00. The molecule has 0 aliphatic rings. The minimum absolute atomic E-state index is 0.416. The molecule has 0 saturated carbocycles. The normalized spacial score (nSPS) is 14.2. The molecule has 0 saturated heterocycles. The number of para-hydroxylation sites is 2. The van der Waals surface area contributed by atoms with Crippen molar-refractivity contribution in [1.82, 2.24) is 19.5 Å². The number of hydrogen-bond acceptors (Lipinski definition) is 2. The van der Waals surface area contributed by atoms with E-state index in [9.17, 15) is 0 Å². The van der Waals surface area contributed by atoms with Gasteiger partial charge in [0.2, 0.25) is 0 Å². The summed E-state index contributed by atoms with van der Waals surface area (Å²) in [6, 6.07) is 15.6. The third kappa shape index (κ3) is 4.53. The summed E-state index contributed by atoms with van der Waals surface area (Å²) in [4.78, 5) is 13.2. The molecular weight excluding hydrogens is 380 g/mol. The molecule has 164 valence electrons. The van der Waals surface area contributed by atoms with Crippen LogP contribution in [0.1, 0.15) is 89.5 Å². The van der Waals surface area contributed by atoms with Crippen LogP contribution >= 0.6 is 0 Å². The molecule has 0 spiro atoms. The number of nitrogens with zero attached hydrogens (tertiary/aromatic N) is 3. The predicted molar refractivity (Wildman–Crippen MR) is 131 cm³/mol. The minimum atomic E-state index is 0.416. The number of rotatable bonds is 8. The van der Waals surface area contributed by atoms with Crippen LogP contribution in [0.3, 0.4) is 0 Å². The van der Waals surface area contributed by atoms with Crippen LogP contribution in [0.4, 0.5) is 0 Å². The lowest BCUT2D eigenvalue weighted by Crippen LogP contribution is -2.11. The van der Waals surface area contributed by atoms with E-state index in [4.69, 9.17) is 9.97 Å². The Labute approximate surface area is 186 Å². The number of fused-ring (bicyclic) bond motifs is 2. The van der Waals surface area contributed by atoms with Gasteiger partial charge in [0.15, 0.2) is 0 Å².